The molecule has 0 aliphatic carbocycles. The van der Waals surface area contributed by atoms with Crippen molar-refractivity contribution < 1.29 is 9.90 Å². The number of tetrazole rings is 1. The molecule has 0 radical (unpaired) electrons. The quantitative estimate of drug-likeness (QED) is 0.817. The molecule has 0 bridgehead atoms. The summed E-state index contributed by atoms with van der Waals surface area (Å²) in [5.41, 5.74) is 2.30. The number of carbonyl (C=O) groups is 1. The fourth-order valence-corrected chi connectivity index (χ4v) is 1.92. The van der Waals surface area contributed by atoms with Crippen LogP contribution < -0.4 is 0 Å². The molecule has 0 saturated heterocycles. The predicted octanol–water partition coefficient (Wildman–Crippen LogP) is 0.271. The van der Waals surface area contributed by atoms with E-state index in [4.69, 9.17) is 5.11 Å². The number of carboxylic acid groups (broad SMARTS) is 1. The first kappa shape index (κ1) is 11.4. The lowest BCUT2D eigenvalue weighted by Crippen LogP contribution is -2.13. The van der Waals surface area contributed by atoms with Crippen molar-refractivity contribution in [3.8, 4) is 0 Å². The molecule has 2 aromatic heterocycles. The number of hydrogen-bond donors (Lipinski definition) is 1. The molecule has 0 unspecified atom stereocenters. The van der Waals surface area contributed by atoms with Crippen LogP contribution in [-0.4, -0.2) is 36.1 Å². The van der Waals surface area contributed by atoms with Crippen molar-refractivity contribution in [2.45, 2.75) is 33.1 Å². The maximum atomic E-state index is 10.9. The van der Waals surface area contributed by atoms with Crippen molar-refractivity contribution in [1.82, 2.24) is 25.0 Å². The normalized spacial score (nSPS) is 10.9. The lowest BCUT2D eigenvalue weighted by Gasteiger charge is -2.10. The largest absolute Gasteiger partial charge is 0.481 e. The highest BCUT2D eigenvalue weighted by Gasteiger charge is 2.17. The molecule has 0 fully saturated rings. The summed E-state index contributed by atoms with van der Waals surface area (Å²) in [6, 6.07) is 0. The van der Waals surface area contributed by atoms with E-state index in [0.29, 0.717) is 18.6 Å². The molecule has 0 atom stereocenters. The van der Waals surface area contributed by atoms with Crippen LogP contribution in [0.5, 0.6) is 0 Å². The summed E-state index contributed by atoms with van der Waals surface area (Å²) < 4.78 is 1.51. The van der Waals surface area contributed by atoms with E-state index in [9.17, 15) is 4.79 Å². The molecular weight excluding hydrogens is 222 g/mol. The second-order valence-electron chi connectivity index (χ2n) is 3.65. The highest BCUT2D eigenvalue weighted by Crippen LogP contribution is 2.16. The Labute approximate surface area is 97.5 Å². The van der Waals surface area contributed by atoms with Crippen LogP contribution in [0.15, 0.2) is 0 Å². The molecule has 7 nitrogen and oxygen atoms in total. The topological polar surface area (TPSA) is 93.3 Å². The van der Waals surface area contributed by atoms with Crippen LogP contribution in [0, 0.1) is 0 Å². The van der Waals surface area contributed by atoms with Crippen LogP contribution >= 0.6 is 0 Å². The van der Waals surface area contributed by atoms with Gasteiger partial charge in [-0.2, -0.15) is 4.52 Å². The number of aliphatic carboxylic acids is 1. The first-order chi connectivity index (χ1) is 8.17. The van der Waals surface area contributed by atoms with E-state index in [1.54, 1.807) is 0 Å². The fraction of sp³-hybridized carbons (Fsp3) is 0.500. The first-order valence-corrected chi connectivity index (χ1v) is 5.47. The summed E-state index contributed by atoms with van der Waals surface area (Å²) in [5, 5.41) is 20.1. The van der Waals surface area contributed by atoms with Gasteiger partial charge in [-0.3, -0.25) is 4.79 Å². The van der Waals surface area contributed by atoms with Crippen molar-refractivity contribution in [2.75, 3.05) is 0 Å². The van der Waals surface area contributed by atoms with Crippen molar-refractivity contribution >= 4 is 11.7 Å². The Balaban J connectivity index is 2.70. The molecular formula is C10H13N5O2. The van der Waals surface area contributed by atoms with Crippen molar-refractivity contribution in [1.29, 1.82) is 0 Å². The summed E-state index contributed by atoms with van der Waals surface area (Å²) in [4.78, 5) is 15.2. The molecule has 0 spiro atoms. The third-order valence-electron chi connectivity index (χ3n) is 2.64. The van der Waals surface area contributed by atoms with Gasteiger partial charge >= 0.3 is 5.97 Å². The maximum absolute atomic E-state index is 10.9. The number of fused-ring (bicyclic) bond motifs is 1. The maximum Gasteiger partial charge on any atom is 0.307 e. The molecule has 90 valence electrons. The highest BCUT2D eigenvalue weighted by molar-refractivity contribution is 5.71. The first-order valence-electron chi connectivity index (χ1n) is 5.47. The van der Waals surface area contributed by atoms with Gasteiger partial charge in [0.1, 0.15) is 0 Å². The third-order valence-corrected chi connectivity index (χ3v) is 2.64. The van der Waals surface area contributed by atoms with E-state index < -0.39 is 5.97 Å². The van der Waals surface area contributed by atoms with Crippen LogP contribution in [-0.2, 0) is 24.1 Å². The summed E-state index contributed by atoms with van der Waals surface area (Å²) in [5.74, 6) is -0.448. The Hall–Kier alpha value is -2.05. The van der Waals surface area contributed by atoms with Gasteiger partial charge in [0.25, 0.3) is 5.78 Å². The summed E-state index contributed by atoms with van der Waals surface area (Å²) in [7, 11) is 0. The molecule has 0 saturated carbocycles. The zero-order valence-electron chi connectivity index (χ0n) is 9.71. The van der Waals surface area contributed by atoms with Crippen molar-refractivity contribution in [3.63, 3.8) is 0 Å². The van der Waals surface area contributed by atoms with E-state index in [2.05, 4.69) is 20.5 Å². The van der Waals surface area contributed by atoms with E-state index in [1.165, 1.54) is 4.52 Å². The standard InChI is InChI=1S/C10H13N5O2/c1-3-7-6(5-9(16)17)8(4-2)15-10(11-7)12-13-14-15/h3-5H2,1-2H3,(H,16,17). The fourth-order valence-electron chi connectivity index (χ4n) is 1.92. The van der Waals surface area contributed by atoms with Gasteiger partial charge < -0.3 is 5.11 Å². The third kappa shape index (κ3) is 1.95. The summed E-state index contributed by atoms with van der Waals surface area (Å²) in [6.07, 6.45) is 1.29. The molecule has 2 aromatic rings. The number of aromatic nitrogens is 5. The van der Waals surface area contributed by atoms with Gasteiger partial charge in [0.05, 0.1) is 12.1 Å². The molecule has 7 heteroatoms. The van der Waals surface area contributed by atoms with Gasteiger partial charge in [-0.05, 0) is 23.3 Å². The second-order valence-corrected chi connectivity index (χ2v) is 3.65. The molecule has 2 rings (SSSR count). The highest BCUT2D eigenvalue weighted by atomic mass is 16.4. The zero-order valence-corrected chi connectivity index (χ0v) is 9.71. The van der Waals surface area contributed by atoms with E-state index >= 15 is 0 Å². The number of rotatable bonds is 4. The van der Waals surface area contributed by atoms with Crippen LogP contribution in [0.4, 0.5) is 0 Å². The molecule has 2 heterocycles. The Morgan fingerprint density at radius 3 is 2.71 bits per heavy atom. The molecule has 1 N–H and O–H groups in total. The van der Waals surface area contributed by atoms with Gasteiger partial charge in [-0.1, -0.05) is 18.9 Å². The van der Waals surface area contributed by atoms with Crippen LogP contribution in [0.2, 0.25) is 0 Å². The summed E-state index contributed by atoms with van der Waals surface area (Å²) >= 11 is 0. The molecule has 0 aliphatic rings. The molecule has 0 aromatic carbocycles. The van der Waals surface area contributed by atoms with Crippen LogP contribution in [0.25, 0.3) is 5.78 Å². The van der Waals surface area contributed by atoms with Gasteiger partial charge in [0.15, 0.2) is 0 Å². The Bertz CT molecular complexity index is 563. The average molecular weight is 235 g/mol. The second kappa shape index (κ2) is 4.44. The summed E-state index contributed by atoms with van der Waals surface area (Å²) in [6.45, 7) is 3.88. The monoisotopic (exact) mass is 235 g/mol. The minimum atomic E-state index is -0.872. The zero-order chi connectivity index (χ0) is 12.4. The smallest absolute Gasteiger partial charge is 0.307 e. The van der Waals surface area contributed by atoms with Crippen molar-refractivity contribution in [2.24, 2.45) is 0 Å². The van der Waals surface area contributed by atoms with E-state index in [-0.39, 0.29) is 6.42 Å². The van der Waals surface area contributed by atoms with Gasteiger partial charge in [0, 0.05) is 11.3 Å². The predicted molar refractivity (Wildman–Crippen MR) is 58.7 cm³/mol. The van der Waals surface area contributed by atoms with Gasteiger partial charge in [-0.25, -0.2) is 4.98 Å². The lowest BCUT2D eigenvalue weighted by atomic mass is 10.0. The Morgan fingerprint density at radius 2 is 2.12 bits per heavy atom. The van der Waals surface area contributed by atoms with Crippen LogP contribution in [0.3, 0.4) is 0 Å². The average Bonchev–Trinajstić information content (AvgIpc) is 2.75. The SMILES string of the molecule is CCc1nc2nnnn2c(CC)c1CC(=O)O. The Morgan fingerprint density at radius 1 is 1.35 bits per heavy atom. The minimum Gasteiger partial charge on any atom is -0.481 e. The Kier molecular flexibility index (Phi) is 2.99. The molecule has 0 amide bonds. The van der Waals surface area contributed by atoms with Gasteiger partial charge in [-0.15, -0.1) is 0 Å². The number of carboxylic acids is 1. The lowest BCUT2D eigenvalue weighted by molar-refractivity contribution is -0.136. The van der Waals surface area contributed by atoms with E-state index in [0.717, 1.165) is 17.0 Å². The van der Waals surface area contributed by atoms with E-state index in [1.807, 2.05) is 13.8 Å². The number of aryl methyl sites for hydroxylation is 2. The van der Waals surface area contributed by atoms with Crippen molar-refractivity contribution in [3.05, 3.63) is 17.0 Å². The van der Waals surface area contributed by atoms with Crippen LogP contribution in [0.1, 0.15) is 30.8 Å². The minimum absolute atomic E-state index is 0.0465. The number of nitrogens with zero attached hydrogens (tertiary/aromatic N) is 5. The molecule has 17 heavy (non-hydrogen) atoms. The number of hydrogen-bond acceptors (Lipinski definition) is 5. The molecule has 0 aliphatic heterocycles. The van der Waals surface area contributed by atoms with Gasteiger partial charge in [0.2, 0.25) is 0 Å².